The van der Waals surface area contributed by atoms with Crippen LogP contribution in [-0.4, -0.2) is 27.7 Å². The third kappa shape index (κ3) is 3.20. The fraction of sp³-hybridized carbons (Fsp3) is 0.333. The third-order valence-corrected chi connectivity index (χ3v) is 4.23. The highest BCUT2D eigenvalue weighted by molar-refractivity contribution is 7.98. The van der Waals surface area contributed by atoms with Crippen LogP contribution in [0.15, 0.2) is 28.2 Å². The van der Waals surface area contributed by atoms with E-state index in [1.807, 2.05) is 11.2 Å². The quantitative estimate of drug-likeness (QED) is 0.696. The minimum absolute atomic E-state index is 0.135. The lowest BCUT2D eigenvalue weighted by molar-refractivity contribution is 0.240. The van der Waals surface area contributed by atoms with Crippen LogP contribution in [0.1, 0.15) is 16.8 Å². The van der Waals surface area contributed by atoms with Crippen molar-refractivity contribution in [2.45, 2.75) is 24.7 Å². The highest BCUT2D eigenvalue weighted by Gasteiger charge is 2.21. The first-order chi connectivity index (χ1) is 10.5. The number of thioether (sulfide) groups is 1. The molecule has 116 valence electrons. The fourth-order valence-electron chi connectivity index (χ4n) is 2.65. The number of nitrogens with one attached hydrogen (secondary N) is 1. The highest BCUT2D eigenvalue weighted by atomic mass is 32.2. The molecule has 0 radical (unpaired) electrons. The van der Waals surface area contributed by atoms with Gasteiger partial charge in [0.2, 0.25) is 0 Å². The van der Waals surface area contributed by atoms with Crippen LogP contribution in [-0.2, 0) is 19.5 Å². The van der Waals surface area contributed by atoms with Crippen molar-refractivity contribution in [3.63, 3.8) is 0 Å². The first-order valence-electron chi connectivity index (χ1n) is 6.88. The van der Waals surface area contributed by atoms with Gasteiger partial charge in [0.1, 0.15) is 11.6 Å². The average molecular weight is 323 g/mol. The molecule has 0 atom stereocenters. The normalized spacial score (nSPS) is 14.9. The van der Waals surface area contributed by atoms with Crippen LogP contribution < -0.4 is 5.56 Å². The molecule has 2 aromatic rings. The van der Waals surface area contributed by atoms with Crippen LogP contribution in [0.2, 0.25) is 0 Å². The van der Waals surface area contributed by atoms with Gasteiger partial charge in [-0.25, -0.2) is 13.8 Å². The van der Waals surface area contributed by atoms with E-state index in [0.29, 0.717) is 42.3 Å². The predicted octanol–water partition coefficient (Wildman–Crippen LogP) is 2.33. The third-order valence-electron chi connectivity index (χ3n) is 3.65. The molecule has 3 rings (SSSR count). The van der Waals surface area contributed by atoms with Gasteiger partial charge in [-0.2, -0.15) is 0 Å². The maximum absolute atomic E-state index is 13.2. The van der Waals surface area contributed by atoms with E-state index in [1.54, 1.807) is 0 Å². The Morgan fingerprint density at radius 3 is 2.73 bits per heavy atom. The number of nitrogens with zero attached hydrogens (tertiary/aromatic N) is 2. The van der Waals surface area contributed by atoms with Gasteiger partial charge in [-0.3, -0.25) is 9.69 Å². The van der Waals surface area contributed by atoms with E-state index in [-0.39, 0.29) is 5.56 Å². The summed E-state index contributed by atoms with van der Waals surface area (Å²) in [6.45, 7) is 1.54. The number of hydrogen-bond donors (Lipinski definition) is 1. The maximum atomic E-state index is 13.2. The molecule has 1 N–H and O–H groups in total. The van der Waals surface area contributed by atoms with E-state index in [9.17, 15) is 13.6 Å². The molecule has 4 nitrogen and oxygen atoms in total. The van der Waals surface area contributed by atoms with E-state index in [2.05, 4.69) is 9.97 Å². The molecule has 0 bridgehead atoms. The molecule has 0 unspecified atom stereocenters. The molecule has 2 heterocycles. The molecule has 7 heteroatoms. The smallest absolute Gasteiger partial charge is 0.256 e. The van der Waals surface area contributed by atoms with Crippen LogP contribution in [0, 0.1) is 11.6 Å². The number of benzene rings is 1. The standard InChI is InChI=1S/C15H15F2N3OS/c1-22-15-18-13-2-3-20(8-12(13)14(21)19-15)7-9-4-10(16)6-11(17)5-9/h4-6H,2-3,7-8H2,1H3,(H,18,19,21). The van der Waals surface area contributed by atoms with Crippen molar-refractivity contribution >= 4 is 11.8 Å². The van der Waals surface area contributed by atoms with E-state index >= 15 is 0 Å². The van der Waals surface area contributed by atoms with Crippen molar-refractivity contribution in [1.29, 1.82) is 0 Å². The Hall–Kier alpha value is -1.73. The van der Waals surface area contributed by atoms with E-state index in [1.165, 1.54) is 23.9 Å². The van der Waals surface area contributed by atoms with Gasteiger partial charge in [0, 0.05) is 32.1 Å². The van der Waals surface area contributed by atoms with Crippen molar-refractivity contribution in [2.75, 3.05) is 12.8 Å². The SMILES string of the molecule is CSc1nc2c(c(=O)[nH]1)CN(Cc1cc(F)cc(F)c1)CC2. The molecule has 0 saturated heterocycles. The number of fused-ring (bicyclic) bond motifs is 1. The largest absolute Gasteiger partial charge is 0.301 e. The average Bonchev–Trinajstić information content (AvgIpc) is 2.46. The minimum Gasteiger partial charge on any atom is -0.301 e. The van der Waals surface area contributed by atoms with Gasteiger partial charge in [-0.05, 0) is 24.0 Å². The molecule has 1 aromatic heterocycles. The Morgan fingerprint density at radius 1 is 1.32 bits per heavy atom. The molecule has 1 aromatic carbocycles. The monoisotopic (exact) mass is 323 g/mol. The van der Waals surface area contributed by atoms with E-state index < -0.39 is 11.6 Å². The summed E-state index contributed by atoms with van der Waals surface area (Å²) < 4.78 is 26.5. The zero-order valence-corrected chi connectivity index (χ0v) is 12.8. The summed E-state index contributed by atoms with van der Waals surface area (Å²) in [6.07, 6.45) is 2.52. The molecule has 22 heavy (non-hydrogen) atoms. The molecule has 0 saturated carbocycles. The second-order valence-corrected chi connectivity index (χ2v) is 6.03. The molecule has 1 aliphatic heterocycles. The Labute approximate surface area is 130 Å². The van der Waals surface area contributed by atoms with E-state index in [4.69, 9.17) is 0 Å². The highest BCUT2D eigenvalue weighted by Crippen LogP contribution is 2.19. The maximum Gasteiger partial charge on any atom is 0.256 e. The number of rotatable bonds is 3. The van der Waals surface area contributed by atoms with Gasteiger partial charge < -0.3 is 4.98 Å². The summed E-state index contributed by atoms with van der Waals surface area (Å²) in [5.74, 6) is -1.17. The topological polar surface area (TPSA) is 49.0 Å². The first kappa shape index (κ1) is 15.2. The predicted molar refractivity (Wildman–Crippen MR) is 80.8 cm³/mol. The number of H-pyrrole nitrogens is 1. The van der Waals surface area contributed by atoms with Gasteiger partial charge in [0.15, 0.2) is 5.16 Å². The lowest BCUT2D eigenvalue weighted by Crippen LogP contribution is -2.35. The van der Waals surface area contributed by atoms with Crippen molar-refractivity contribution in [1.82, 2.24) is 14.9 Å². The number of halogens is 2. The zero-order chi connectivity index (χ0) is 15.7. The summed E-state index contributed by atoms with van der Waals surface area (Å²) in [4.78, 5) is 21.2. The Balaban J connectivity index is 1.81. The van der Waals surface area contributed by atoms with Crippen molar-refractivity contribution in [3.8, 4) is 0 Å². The lowest BCUT2D eigenvalue weighted by atomic mass is 10.1. The number of aromatic nitrogens is 2. The van der Waals surface area contributed by atoms with Crippen LogP contribution in [0.25, 0.3) is 0 Å². The Morgan fingerprint density at radius 2 is 2.05 bits per heavy atom. The molecule has 0 amide bonds. The summed E-state index contributed by atoms with van der Waals surface area (Å²) in [5, 5.41) is 0.615. The molecule has 0 fully saturated rings. The van der Waals surface area contributed by atoms with Crippen LogP contribution in [0.5, 0.6) is 0 Å². The molecular weight excluding hydrogens is 308 g/mol. The Bertz CT molecular complexity index is 743. The molecular formula is C15H15F2N3OS. The lowest BCUT2D eigenvalue weighted by Gasteiger charge is -2.27. The van der Waals surface area contributed by atoms with Crippen molar-refractivity contribution < 1.29 is 8.78 Å². The minimum atomic E-state index is -0.587. The van der Waals surface area contributed by atoms with Crippen molar-refractivity contribution in [2.24, 2.45) is 0 Å². The van der Waals surface area contributed by atoms with E-state index in [0.717, 1.165) is 11.8 Å². The van der Waals surface area contributed by atoms with Crippen LogP contribution >= 0.6 is 11.8 Å². The second-order valence-electron chi connectivity index (χ2n) is 5.24. The Kier molecular flexibility index (Phi) is 4.26. The summed E-state index contributed by atoms with van der Waals surface area (Å²) >= 11 is 1.40. The van der Waals surface area contributed by atoms with Gasteiger partial charge >= 0.3 is 0 Å². The summed E-state index contributed by atoms with van der Waals surface area (Å²) in [5.41, 5.74) is 1.88. The number of hydrogen-bond acceptors (Lipinski definition) is 4. The van der Waals surface area contributed by atoms with Crippen LogP contribution in [0.4, 0.5) is 8.78 Å². The first-order valence-corrected chi connectivity index (χ1v) is 8.11. The van der Waals surface area contributed by atoms with Gasteiger partial charge in [0.25, 0.3) is 5.56 Å². The molecule has 1 aliphatic rings. The zero-order valence-electron chi connectivity index (χ0n) is 12.0. The fourth-order valence-corrected chi connectivity index (χ4v) is 3.05. The number of aromatic amines is 1. The summed E-state index contributed by atoms with van der Waals surface area (Å²) in [6, 6.07) is 3.49. The van der Waals surface area contributed by atoms with Gasteiger partial charge in [-0.15, -0.1) is 0 Å². The molecule has 0 aliphatic carbocycles. The second kappa shape index (κ2) is 6.18. The van der Waals surface area contributed by atoms with Crippen molar-refractivity contribution in [3.05, 3.63) is 57.0 Å². The van der Waals surface area contributed by atoms with Gasteiger partial charge in [0.05, 0.1) is 11.3 Å². The van der Waals surface area contributed by atoms with Gasteiger partial charge in [-0.1, -0.05) is 11.8 Å². The molecule has 0 spiro atoms. The summed E-state index contributed by atoms with van der Waals surface area (Å²) in [7, 11) is 0. The van der Waals surface area contributed by atoms with Crippen LogP contribution in [0.3, 0.4) is 0 Å².